The zero-order valence-electron chi connectivity index (χ0n) is 11.4. The fourth-order valence-corrected chi connectivity index (χ4v) is 3.33. The first kappa shape index (κ1) is 14.3. The molecule has 2 amide bonds. The number of likely N-dealkylation sites (tertiary alicyclic amines) is 1. The van der Waals surface area contributed by atoms with E-state index in [-0.39, 0.29) is 29.3 Å². The summed E-state index contributed by atoms with van der Waals surface area (Å²) in [5, 5.41) is 3.16. The number of imide groups is 1. The van der Waals surface area contributed by atoms with Crippen LogP contribution < -0.4 is 5.32 Å². The second-order valence-electron chi connectivity index (χ2n) is 5.57. The van der Waals surface area contributed by atoms with Gasteiger partial charge < -0.3 is 5.32 Å². The van der Waals surface area contributed by atoms with E-state index in [0.717, 1.165) is 25.7 Å². The van der Waals surface area contributed by atoms with Gasteiger partial charge in [0.15, 0.2) is 0 Å². The molecule has 1 aliphatic heterocycles. The number of carbonyl (C=O) groups excluding carboxylic acids is 2. The Balaban J connectivity index is 1.75. The van der Waals surface area contributed by atoms with E-state index < -0.39 is 11.9 Å². The summed E-state index contributed by atoms with van der Waals surface area (Å²) in [6, 6.07) is 3.36. The summed E-state index contributed by atoms with van der Waals surface area (Å²) in [7, 11) is 0. The lowest BCUT2D eigenvalue weighted by molar-refractivity contribution is -0.141. The van der Waals surface area contributed by atoms with Gasteiger partial charge in [-0.15, -0.1) is 0 Å². The summed E-state index contributed by atoms with van der Waals surface area (Å²) in [5.41, 5.74) is 0.470. The first-order chi connectivity index (χ1) is 10.1. The van der Waals surface area contributed by atoms with Gasteiger partial charge in [-0.1, -0.05) is 24.4 Å². The average molecular weight is 311 g/mol. The summed E-state index contributed by atoms with van der Waals surface area (Å²) >= 11 is 5.94. The molecule has 1 heterocycles. The molecule has 0 aromatic heterocycles. The smallest absolute Gasteiger partial charge is 0.252 e. The highest BCUT2D eigenvalue weighted by Crippen LogP contribution is 2.30. The van der Waals surface area contributed by atoms with Crippen LogP contribution in [0.3, 0.4) is 0 Å². The van der Waals surface area contributed by atoms with Gasteiger partial charge in [0, 0.05) is 6.04 Å². The summed E-state index contributed by atoms with van der Waals surface area (Å²) < 4.78 is 13.0. The van der Waals surface area contributed by atoms with Gasteiger partial charge in [0.2, 0.25) is 5.91 Å². The maximum absolute atomic E-state index is 13.0. The molecule has 0 radical (unpaired) electrons. The lowest BCUT2D eigenvalue weighted by Gasteiger charge is -2.22. The number of rotatable bonds is 3. The summed E-state index contributed by atoms with van der Waals surface area (Å²) in [6.45, 7) is 0. The van der Waals surface area contributed by atoms with Gasteiger partial charge in [-0.2, -0.15) is 0 Å². The Labute approximate surface area is 127 Å². The van der Waals surface area contributed by atoms with E-state index in [1.54, 1.807) is 0 Å². The highest BCUT2D eigenvalue weighted by atomic mass is 35.5. The highest BCUT2D eigenvalue weighted by molar-refractivity contribution is 6.33. The fourth-order valence-electron chi connectivity index (χ4n) is 3.10. The molecule has 2 aliphatic rings. The largest absolute Gasteiger partial charge is 0.372 e. The van der Waals surface area contributed by atoms with Crippen molar-refractivity contribution in [3.05, 3.63) is 29.0 Å². The van der Waals surface area contributed by atoms with Crippen molar-refractivity contribution < 1.29 is 14.0 Å². The Bertz CT molecular complexity index is 587. The summed E-state index contributed by atoms with van der Waals surface area (Å²) in [6.07, 6.45) is 4.03. The molecule has 1 N–H and O–H groups in total. The molecule has 2 fully saturated rings. The molecule has 1 atom stereocenters. The maximum atomic E-state index is 13.0. The van der Waals surface area contributed by atoms with Crippen LogP contribution in [0.2, 0.25) is 5.02 Å². The SMILES string of the molecule is O=C1CC(Nc2ccc(F)cc2Cl)C(=O)N1C1CCCC1. The number of nitrogens with one attached hydrogen (secondary N) is 1. The molecule has 1 aromatic carbocycles. The number of hydrogen-bond acceptors (Lipinski definition) is 3. The molecule has 1 saturated heterocycles. The maximum Gasteiger partial charge on any atom is 0.252 e. The minimum Gasteiger partial charge on any atom is -0.372 e. The molecule has 21 heavy (non-hydrogen) atoms. The second-order valence-corrected chi connectivity index (χ2v) is 5.97. The van der Waals surface area contributed by atoms with Crippen molar-refractivity contribution in [3.63, 3.8) is 0 Å². The number of nitrogens with zero attached hydrogens (tertiary/aromatic N) is 1. The van der Waals surface area contributed by atoms with Gasteiger partial charge in [-0.25, -0.2) is 4.39 Å². The minimum absolute atomic E-state index is 0.0421. The van der Waals surface area contributed by atoms with Crippen molar-refractivity contribution in [2.45, 2.75) is 44.2 Å². The van der Waals surface area contributed by atoms with E-state index in [1.165, 1.54) is 23.1 Å². The lowest BCUT2D eigenvalue weighted by atomic mass is 10.2. The Morgan fingerprint density at radius 1 is 1.24 bits per heavy atom. The van der Waals surface area contributed by atoms with E-state index in [2.05, 4.69) is 5.32 Å². The van der Waals surface area contributed by atoms with Crippen molar-refractivity contribution in [3.8, 4) is 0 Å². The third-order valence-corrected chi connectivity index (χ3v) is 4.45. The lowest BCUT2D eigenvalue weighted by Crippen LogP contribution is -2.41. The average Bonchev–Trinajstić information content (AvgIpc) is 3.02. The Hall–Kier alpha value is -1.62. The molecule has 3 rings (SSSR count). The molecule has 1 aromatic rings. The number of benzene rings is 1. The van der Waals surface area contributed by atoms with Crippen LogP contribution in [-0.2, 0) is 9.59 Å². The van der Waals surface area contributed by atoms with Crippen molar-refractivity contribution >= 4 is 29.1 Å². The molecule has 1 aliphatic carbocycles. The molecule has 0 spiro atoms. The Kier molecular flexibility index (Phi) is 3.85. The summed E-state index contributed by atoms with van der Waals surface area (Å²) in [4.78, 5) is 25.9. The van der Waals surface area contributed by atoms with Crippen LogP contribution in [0, 0.1) is 5.82 Å². The number of halogens is 2. The van der Waals surface area contributed by atoms with Gasteiger partial charge in [0.1, 0.15) is 11.9 Å². The molecular weight excluding hydrogens is 295 g/mol. The first-order valence-corrected chi connectivity index (χ1v) is 7.51. The molecule has 4 nitrogen and oxygen atoms in total. The number of carbonyl (C=O) groups is 2. The molecule has 0 bridgehead atoms. The molecule has 1 saturated carbocycles. The van der Waals surface area contributed by atoms with Crippen LogP contribution >= 0.6 is 11.6 Å². The van der Waals surface area contributed by atoms with E-state index in [0.29, 0.717) is 5.69 Å². The van der Waals surface area contributed by atoms with Crippen LogP contribution in [-0.4, -0.2) is 28.8 Å². The van der Waals surface area contributed by atoms with Crippen LogP contribution in [0.4, 0.5) is 10.1 Å². The van der Waals surface area contributed by atoms with Crippen LogP contribution in [0.5, 0.6) is 0 Å². The summed E-state index contributed by atoms with van der Waals surface area (Å²) in [5.74, 6) is -0.776. The quantitative estimate of drug-likeness (QED) is 0.873. The molecule has 112 valence electrons. The van der Waals surface area contributed by atoms with Crippen molar-refractivity contribution in [2.24, 2.45) is 0 Å². The molecule has 1 unspecified atom stereocenters. The van der Waals surface area contributed by atoms with Gasteiger partial charge in [0.05, 0.1) is 17.1 Å². The van der Waals surface area contributed by atoms with Gasteiger partial charge >= 0.3 is 0 Å². The number of anilines is 1. The van der Waals surface area contributed by atoms with Crippen molar-refractivity contribution in [1.29, 1.82) is 0 Å². The Morgan fingerprint density at radius 2 is 1.95 bits per heavy atom. The van der Waals surface area contributed by atoms with E-state index in [4.69, 9.17) is 11.6 Å². The van der Waals surface area contributed by atoms with Gasteiger partial charge in [0.25, 0.3) is 5.91 Å². The third-order valence-electron chi connectivity index (χ3n) is 4.13. The predicted octanol–water partition coefficient (Wildman–Crippen LogP) is 2.96. The third kappa shape index (κ3) is 2.75. The van der Waals surface area contributed by atoms with Gasteiger partial charge in [-0.3, -0.25) is 14.5 Å². The second kappa shape index (κ2) is 5.64. The topological polar surface area (TPSA) is 49.4 Å². The van der Waals surface area contributed by atoms with Crippen LogP contribution in [0.15, 0.2) is 18.2 Å². The van der Waals surface area contributed by atoms with E-state index in [1.807, 2.05) is 0 Å². The van der Waals surface area contributed by atoms with Crippen LogP contribution in [0.25, 0.3) is 0 Å². The first-order valence-electron chi connectivity index (χ1n) is 7.14. The fraction of sp³-hybridized carbons (Fsp3) is 0.467. The number of hydrogen-bond donors (Lipinski definition) is 1. The van der Waals surface area contributed by atoms with E-state index >= 15 is 0 Å². The normalized spacial score (nSPS) is 23.1. The minimum atomic E-state index is -0.610. The molecule has 6 heteroatoms. The van der Waals surface area contributed by atoms with Crippen molar-refractivity contribution in [2.75, 3.05) is 5.32 Å². The standard InChI is InChI=1S/C15H16ClFN2O2/c16-11-7-9(17)5-6-12(11)18-13-8-14(20)19(15(13)21)10-3-1-2-4-10/h5-7,10,13,18H,1-4,8H2. The monoisotopic (exact) mass is 310 g/mol. The van der Waals surface area contributed by atoms with E-state index in [9.17, 15) is 14.0 Å². The zero-order valence-corrected chi connectivity index (χ0v) is 12.2. The van der Waals surface area contributed by atoms with Crippen LogP contribution in [0.1, 0.15) is 32.1 Å². The van der Waals surface area contributed by atoms with Crippen molar-refractivity contribution in [1.82, 2.24) is 4.90 Å². The number of amides is 2. The highest BCUT2D eigenvalue weighted by Gasteiger charge is 2.43. The van der Waals surface area contributed by atoms with Gasteiger partial charge in [-0.05, 0) is 31.0 Å². The predicted molar refractivity (Wildman–Crippen MR) is 77.5 cm³/mol. The Morgan fingerprint density at radius 3 is 2.62 bits per heavy atom. The molecular formula is C15H16ClFN2O2. The zero-order chi connectivity index (χ0) is 15.0.